The molecule has 0 spiro atoms. The van der Waals surface area contributed by atoms with Gasteiger partial charge in [0.1, 0.15) is 11.4 Å². The highest BCUT2D eigenvalue weighted by molar-refractivity contribution is 9.10. The summed E-state index contributed by atoms with van der Waals surface area (Å²) in [6, 6.07) is 2.41. The minimum absolute atomic E-state index is 0.0523. The van der Waals surface area contributed by atoms with Crippen LogP contribution < -0.4 is 9.46 Å². The van der Waals surface area contributed by atoms with Crippen LogP contribution >= 0.6 is 15.9 Å². The van der Waals surface area contributed by atoms with Crippen molar-refractivity contribution in [1.82, 2.24) is 4.72 Å². The molecule has 0 saturated heterocycles. The zero-order chi connectivity index (χ0) is 16.5. The Morgan fingerprint density at radius 2 is 1.71 bits per heavy atom. The Morgan fingerprint density at radius 1 is 1.14 bits per heavy atom. The first-order valence-corrected chi connectivity index (χ1v) is 7.19. The van der Waals surface area contributed by atoms with Crippen LogP contribution in [0, 0.1) is 0 Å². The van der Waals surface area contributed by atoms with Crippen molar-refractivity contribution >= 4 is 26.0 Å². The van der Waals surface area contributed by atoms with Crippen molar-refractivity contribution in [3.8, 4) is 5.75 Å². The number of benzene rings is 1. The standard InChI is InChI=1S/C9H6BrF6NO3S/c10-5-1-2-7(6(3-5)20-9(14,15)16)21(18,19)17-4-8(11,12)13/h1-3,17H,4H2. The fourth-order valence-electron chi connectivity index (χ4n) is 1.16. The quantitative estimate of drug-likeness (QED) is 0.788. The number of rotatable bonds is 4. The molecule has 0 unspecified atom stereocenters. The van der Waals surface area contributed by atoms with E-state index in [1.807, 2.05) is 0 Å². The van der Waals surface area contributed by atoms with Crippen molar-refractivity contribution in [2.75, 3.05) is 6.54 Å². The van der Waals surface area contributed by atoms with Gasteiger partial charge in [-0.25, -0.2) is 13.1 Å². The van der Waals surface area contributed by atoms with E-state index in [0.29, 0.717) is 12.1 Å². The molecule has 0 aliphatic heterocycles. The number of hydrogen-bond acceptors (Lipinski definition) is 3. The summed E-state index contributed by atoms with van der Waals surface area (Å²) in [4.78, 5) is -1.06. The molecule has 1 aromatic rings. The van der Waals surface area contributed by atoms with Crippen LogP contribution in [0.1, 0.15) is 0 Å². The summed E-state index contributed by atoms with van der Waals surface area (Å²) in [6.45, 7) is -1.92. The molecule has 12 heteroatoms. The number of alkyl halides is 6. The highest BCUT2D eigenvalue weighted by Crippen LogP contribution is 2.32. The van der Waals surface area contributed by atoms with E-state index in [4.69, 9.17) is 0 Å². The van der Waals surface area contributed by atoms with Gasteiger partial charge in [-0.2, -0.15) is 13.2 Å². The van der Waals surface area contributed by atoms with Gasteiger partial charge in [0.2, 0.25) is 10.0 Å². The lowest BCUT2D eigenvalue weighted by Gasteiger charge is -2.15. The summed E-state index contributed by atoms with van der Waals surface area (Å²) in [7, 11) is -4.83. The van der Waals surface area contributed by atoms with Crippen molar-refractivity contribution < 1.29 is 39.5 Å². The average Bonchev–Trinajstić information content (AvgIpc) is 2.23. The van der Waals surface area contributed by atoms with Gasteiger partial charge in [0.05, 0.1) is 0 Å². The van der Waals surface area contributed by atoms with Gasteiger partial charge in [-0.15, -0.1) is 13.2 Å². The summed E-state index contributed by atoms with van der Waals surface area (Å²) in [5.41, 5.74) is 0. The Balaban J connectivity index is 3.17. The first-order chi connectivity index (χ1) is 9.30. The van der Waals surface area contributed by atoms with Gasteiger partial charge in [-0.1, -0.05) is 15.9 Å². The zero-order valence-electron chi connectivity index (χ0n) is 9.72. The third kappa shape index (κ3) is 6.09. The van der Waals surface area contributed by atoms with Crippen molar-refractivity contribution in [3.05, 3.63) is 22.7 Å². The number of sulfonamides is 1. The van der Waals surface area contributed by atoms with Crippen molar-refractivity contribution in [3.63, 3.8) is 0 Å². The van der Waals surface area contributed by atoms with Gasteiger partial charge in [0.15, 0.2) is 5.75 Å². The van der Waals surface area contributed by atoms with E-state index in [1.165, 1.54) is 0 Å². The smallest absolute Gasteiger partial charge is 0.404 e. The predicted molar refractivity (Wildman–Crippen MR) is 62.1 cm³/mol. The van der Waals surface area contributed by atoms with E-state index in [0.717, 1.165) is 10.8 Å². The van der Waals surface area contributed by atoms with Crippen LogP contribution in [-0.2, 0) is 10.0 Å². The van der Waals surface area contributed by atoms with E-state index >= 15 is 0 Å². The summed E-state index contributed by atoms with van der Waals surface area (Å²) < 4.78 is 100. The molecule has 0 amide bonds. The van der Waals surface area contributed by atoms with E-state index in [-0.39, 0.29) is 4.47 Å². The second-order valence-corrected chi connectivity index (χ2v) is 6.23. The molecule has 0 heterocycles. The van der Waals surface area contributed by atoms with Crippen LogP contribution in [0.2, 0.25) is 0 Å². The molecule has 0 aliphatic carbocycles. The van der Waals surface area contributed by atoms with Gasteiger partial charge in [-0.3, -0.25) is 0 Å². The third-order valence-electron chi connectivity index (χ3n) is 1.88. The summed E-state index contributed by atoms with van der Waals surface area (Å²) >= 11 is 2.80. The average molecular weight is 402 g/mol. The minimum Gasteiger partial charge on any atom is -0.404 e. The van der Waals surface area contributed by atoms with Crippen LogP contribution in [0.3, 0.4) is 0 Å². The van der Waals surface area contributed by atoms with Crippen molar-refractivity contribution in [1.29, 1.82) is 0 Å². The second-order valence-electron chi connectivity index (χ2n) is 3.58. The van der Waals surface area contributed by atoms with E-state index in [2.05, 4.69) is 20.7 Å². The van der Waals surface area contributed by atoms with Gasteiger partial charge in [0.25, 0.3) is 0 Å². The molecule has 120 valence electrons. The monoisotopic (exact) mass is 401 g/mol. The van der Waals surface area contributed by atoms with Crippen LogP contribution in [0.4, 0.5) is 26.3 Å². The fourth-order valence-corrected chi connectivity index (χ4v) is 2.62. The van der Waals surface area contributed by atoms with Crippen LogP contribution in [-0.4, -0.2) is 27.5 Å². The van der Waals surface area contributed by atoms with Gasteiger partial charge >= 0.3 is 12.5 Å². The van der Waals surface area contributed by atoms with Gasteiger partial charge in [0, 0.05) is 4.47 Å². The van der Waals surface area contributed by atoms with Crippen molar-refractivity contribution in [2.45, 2.75) is 17.4 Å². The van der Waals surface area contributed by atoms with E-state index in [9.17, 15) is 34.8 Å². The molecule has 0 fully saturated rings. The lowest BCUT2D eigenvalue weighted by molar-refractivity contribution is -0.275. The summed E-state index contributed by atoms with van der Waals surface area (Å²) in [6.07, 6.45) is -10.1. The summed E-state index contributed by atoms with van der Waals surface area (Å²) in [5, 5.41) is 0. The highest BCUT2D eigenvalue weighted by atomic mass is 79.9. The largest absolute Gasteiger partial charge is 0.573 e. The molecular weight excluding hydrogens is 396 g/mol. The molecule has 0 aliphatic rings. The number of ether oxygens (including phenoxy) is 1. The first kappa shape index (κ1) is 18.0. The van der Waals surface area contributed by atoms with E-state index < -0.39 is 39.8 Å². The molecule has 1 N–H and O–H groups in total. The lowest BCUT2D eigenvalue weighted by atomic mass is 10.3. The maximum absolute atomic E-state index is 12.2. The third-order valence-corrected chi connectivity index (χ3v) is 3.82. The van der Waals surface area contributed by atoms with Crippen LogP contribution in [0.5, 0.6) is 5.75 Å². The fraction of sp³-hybridized carbons (Fsp3) is 0.333. The van der Waals surface area contributed by atoms with Crippen LogP contribution in [0.25, 0.3) is 0 Å². The Morgan fingerprint density at radius 3 is 2.19 bits per heavy atom. The molecule has 1 rings (SSSR count). The number of hydrogen-bond donors (Lipinski definition) is 1. The zero-order valence-corrected chi connectivity index (χ0v) is 12.1. The van der Waals surface area contributed by atoms with Crippen LogP contribution in [0.15, 0.2) is 27.6 Å². The molecule has 0 bridgehead atoms. The highest BCUT2D eigenvalue weighted by Gasteiger charge is 2.35. The SMILES string of the molecule is O=S(=O)(NCC(F)(F)F)c1ccc(Br)cc1OC(F)(F)F. The molecular formula is C9H6BrF6NO3S. The molecule has 0 saturated carbocycles. The van der Waals surface area contributed by atoms with Crippen molar-refractivity contribution in [2.24, 2.45) is 0 Å². The number of halogens is 7. The normalized spacial score (nSPS) is 13.3. The number of nitrogens with one attached hydrogen (secondary N) is 1. The maximum atomic E-state index is 12.2. The Kier molecular flexibility index (Phi) is 5.16. The molecule has 4 nitrogen and oxygen atoms in total. The minimum atomic E-state index is -5.20. The van der Waals surface area contributed by atoms with Gasteiger partial charge in [-0.05, 0) is 18.2 Å². The Labute approximate surface area is 123 Å². The molecule has 21 heavy (non-hydrogen) atoms. The molecule has 0 aromatic heterocycles. The molecule has 0 atom stereocenters. The van der Waals surface area contributed by atoms with Gasteiger partial charge < -0.3 is 4.74 Å². The predicted octanol–water partition coefficient (Wildman–Crippen LogP) is 3.19. The molecule has 0 radical (unpaired) electrons. The summed E-state index contributed by atoms with van der Waals surface area (Å²) in [5.74, 6) is -1.15. The Bertz CT molecular complexity index is 613. The maximum Gasteiger partial charge on any atom is 0.573 e. The molecule has 1 aromatic carbocycles. The second kappa shape index (κ2) is 6.01. The first-order valence-electron chi connectivity index (χ1n) is 4.92. The van der Waals surface area contributed by atoms with E-state index in [1.54, 1.807) is 0 Å². The topological polar surface area (TPSA) is 55.4 Å². The lowest BCUT2D eigenvalue weighted by Crippen LogP contribution is -2.34. The Hall–Kier alpha value is -1.01.